The maximum atomic E-state index is 5.30. The van der Waals surface area contributed by atoms with Gasteiger partial charge in [0.15, 0.2) is 0 Å². The summed E-state index contributed by atoms with van der Waals surface area (Å²) in [5.74, 6) is 0.635. The van der Waals surface area contributed by atoms with E-state index in [2.05, 4.69) is 202 Å². The van der Waals surface area contributed by atoms with Crippen molar-refractivity contribution >= 4 is 65.4 Å². The number of nitrogens with zero attached hydrogens (tertiary/aromatic N) is 5. The number of hydrogen-bond acceptors (Lipinski definition) is 2. The van der Waals surface area contributed by atoms with Gasteiger partial charge in [0.05, 0.1) is 44.5 Å². The van der Waals surface area contributed by atoms with Crippen molar-refractivity contribution in [3.05, 3.63) is 200 Å². The van der Waals surface area contributed by atoms with Gasteiger partial charge in [-0.2, -0.15) is 0 Å². The molecule has 0 atom stereocenters. The van der Waals surface area contributed by atoms with E-state index in [1.165, 1.54) is 32.6 Å². The van der Waals surface area contributed by atoms with Crippen molar-refractivity contribution in [2.75, 3.05) is 0 Å². The molecule has 57 heavy (non-hydrogen) atoms. The van der Waals surface area contributed by atoms with E-state index in [0.717, 1.165) is 66.7 Å². The first-order valence-corrected chi connectivity index (χ1v) is 19.3. The third-order valence-electron chi connectivity index (χ3n) is 11.5. The summed E-state index contributed by atoms with van der Waals surface area (Å²) in [6, 6.07) is 71.2. The molecule has 0 spiro atoms. The van der Waals surface area contributed by atoms with Crippen LogP contribution in [0.2, 0.25) is 0 Å². The number of para-hydroxylation sites is 4. The Balaban J connectivity index is 1.15. The zero-order chi connectivity index (χ0) is 37.5. The molecule has 0 aliphatic heterocycles. The van der Waals surface area contributed by atoms with E-state index in [-0.39, 0.29) is 0 Å². The van der Waals surface area contributed by atoms with Gasteiger partial charge in [-0.3, -0.25) is 4.57 Å². The third-order valence-corrected chi connectivity index (χ3v) is 11.5. The molecule has 8 aromatic carbocycles. The first-order valence-electron chi connectivity index (χ1n) is 19.3. The number of hydrogen-bond donors (Lipinski definition) is 0. The van der Waals surface area contributed by atoms with E-state index in [1.54, 1.807) is 0 Å². The lowest BCUT2D eigenvalue weighted by molar-refractivity contribution is 0.994. The molecular formula is C52H33N5. The van der Waals surface area contributed by atoms with Crippen molar-refractivity contribution in [1.29, 1.82) is 0 Å². The molecule has 0 bridgehead atoms. The van der Waals surface area contributed by atoms with Crippen LogP contribution in [0.25, 0.3) is 105 Å². The van der Waals surface area contributed by atoms with Gasteiger partial charge < -0.3 is 9.13 Å². The molecule has 0 saturated carbocycles. The molecule has 12 rings (SSSR count). The van der Waals surface area contributed by atoms with Gasteiger partial charge in [0.1, 0.15) is 0 Å². The van der Waals surface area contributed by atoms with Gasteiger partial charge in [-0.15, -0.1) is 0 Å². The molecule has 0 amide bonds. The summed E-state index contributed by atoms with van der Waals surface area (Å²) in [4.78, 5) is 10.6. The highest BCUT2D eigenvalue weighted by Gasteiger charge is 2.22. The lowest BCUT2D eigenvalue weighted by Crippen LogP contribution is -2.04. The summed E-state index contributed by atoms with van der Waals surface area (Å²) in [6.07, 6.45) is 0. The second kappa shape index (κ2) is 12.4. The minimum Gasteiger partial charge on any atom is -0.309 e. The highest BCUT2D eigenvalue weighted by Crippen LogP contribution is 2.43. The molecule has 0 aliphatic carbocycles. The van der Waals surface area contributed by atoms with Crippen LogP contribution >= 0.6 is 0 Å². The van der Waals surface area contributed by atoms with Crippen LogP contribution in [-0.4, -0.2) is 23.7 Å². The SMILES string of the molecule is c1ccc(-c2cc(-c3ccccc3)nc(-n3c4ccccc4c4ccc(-n5c6ccccc6c6c7c8ccccc8n(-c8ccccc8)c7ccc65)cc43)n2)cc1. The lowest BCUT2D eigenvalue weighted by atomic mass is 10.1. The van der Waals surface area contributed by atoms with Crippen LogP contribution in [0, 0.1) is 0 Å². The average molecular weight is 728 g/mol. The quantitative estimate of drug-likeness (QED) is 0.177. The first-order chi connectivity index (χ1) is 28.3. The van der Waals surface area contributed by atoms with E-state index >= 15 is 0 Å². The number of benzene rings is 8. The van der Waals surface area contributed by atoms with Crippen LogP contribution < -0.4 is 0 Å². The van der Waals surface area contributed by atoms with Crippen molar-refractivity contribution in [3.63, 3.8) is 0 Å². The van der Waals surface area contributed by atoms with E-state index in [1.807, 2.05) is 12.1 Å². The number of fused-ring (bicyclic) bond motifs is 10. The molecule has 5 nitrogen and oxygen atoms in total. The van der Waals surface area contributed by atoms with Crippen molar-refractivity contribution in [2.45, 2.75) is 0 Å². The highest BCUT2D eigenvalue weighted by molar-refractivity contribution is 6.29. The van der Waals surface area contributed by atoms with Gasteiger partial charge in [0.2, 0.25) is 5.95 Å². The van der Waals surface area contributed by atoms with Crippen LogP contribution in [0.5, 0.6) is 0 Å². The fraction of sp³-hybridized carbons (Fsp3) is 0. The zero-order valence-corrected chi connectivity index (χ0v) is 30.8. The van der Waals surface area contributed by atoms with Crippen LogP contribution in [0.15, 0.2) is 200 Å². The standard InChI is InChI=1S/C52H33N5/c1-4-16-34(17-5-1)42-33-43(35-18-6-2-7-19-35)54-52(53-42)57-44-25-13-10-22-38(44)39-29-28-37(32-49(39)57)56-46-27-15-12-24-41(46)51-48(56)31-30-47-50(51)40-23-11-14-26-45(40)55(47)36-20-8-3-9-21-36/h1-33H. The summed E-state index contributed by atoms with van der Waals surface area (Å²) < 4.78 is 7.07. The summed E-state index contributed by atoms with van der Waals surface area (Å²) in [7, 11) is 0. The molecule has 0 radical (unpaired) electrons. The molecule has 0 fully saturated rings. The van der Waals surface area contributed by atoms with E-state index in [4.69, 9.17) is 9.97 Å². The number of aromatic nitrogens is 5. The van der Waals surface area contributed by atoms with Crippen molar-refractivity contribution < 1.29 is 0 Å². The Kier molecular flexibility index (Phi) is 6.86. The Morgan fingerprint density at radius 2 is 0.719 bits per heavy atom. The first kappa shape index (κ1) is 31.6. The van der Waals surface area contributed by atoms with E-state index < -0.39 is 0 Å². The average Bonchev–Trinajstić information content (AvgIpc) is 3.92. The second-order valence-corrected chi connectivity index (χ2v) is 14.6. The van der Waals surface area contributed by atoms with E-state index in [9.17, 15) is 0 Å². The number of rotatable bonds is 5. The normalized spacial score (nSPS) is 11.9. The van der Waals surface area contributed by atoms with Gasteiger partial charge in [0.25, 0.3) is 0 Å². The highest BCUT2D eigenvalue weighted by atomic mass is 15.2. The fourth-order valence-electron chi connectivity index (χ4n) is 9.01. The predicted molar refractivity (Wildman–Crippen MR) is 236 cm³/mol. The summed E-state index contributed by atoms with van der Waals surface area (Å²) >= 11 is 0. The van der Waals surface area contributed by atoms with E-state index in [0.29, 0.717) is 5.95 Å². The zero-order valence-electron chi connectivity index (χ0n) is 30.8. The molecule has 0 N–H and O–H groups in total. The molecule has 0 unspecified atom stereocenters. The van der Waals surface area contributed by atoms with Crippen LogP contribution in [0.4, 0.5) is 0 Å². The second-order valence-electron chi connectivity index (χ2n) is 14.6. The van der Waals surface area contributed by atoms with Crippen LogP contribution in [-0.2, 0) is 0 Å². The van der Waals surface area contributed by atoms with Crippen molar-refractivity contribution in [3.8, 4) is 39.8 Å². The van der Waals surface area contributed by atoms with Crippen LogP contribution in [0.1, 0.15) is 0 Å². The lowest BCUT2D eigenvalue weighted by Gasteiger charge is -2.13. The maximum absolute atomic E-state index is 5.30. The minimum absolute atomic E-state index is 0.635. The molecular weight excluding hydrogens is 695 g/mol. The van der Waals surface area contributed by atoms with Crippen molar-refractivity contribution in [1.82, 2.24) is 23.7 Å². The molecule has 4 heterocycles. The fourth-order valence-corrected chi connectivity index (χ4v) is 9.01. The summed E-state index contributed by atoms with van der Waals surface area (Å²) in [6.45, 7) is 0. The maximum Gasteiger partial charge on any atom is 0.235 e. The minimum atomic E-state index is 0.635. The largest absolute Gasteiger partial charge is 0.309 e. The van der Waals surface area contributed by atoms with Gasteiger partial charge in [-0.05, 0) is 60.7 Å². The van der Waals surface area contributed by atoms with Crippen molar-refractivity contribution in [2.24, 2.45) is 0 Å². The molecule has 0 aliphatic rings. The monoisotopic (exact) mass is 727 g/mol. The van der Waals surface area contributed by atoms with Gasteiger partial charge >= 0.3 is 0 Å². The molecule has 4 aromatic heterocycles. The van der Waals surface area contributed by atoms with Crippen LogP contribution in [0.3, 0.4) is 0 Å². The Hall–Kier alpha value is -7.76. The molecule has 12 aromatic rings. The topological polar surface area (TPSA) is 40.6 Å². The molecule has 266 valence electrons. The Morgan fingerprint density at radius 3 is 1.28 bits per heavy atom. The predicted octanol–water partition coefficient (Wildman–Crippen LogP) is 13.1. The third kappa shape index (κ3) is 4.76. The molecule has 5 heteroatoms. The smallest absolute Gasteiger partial charge is 0.235 e. The van der Waals surface area contributed by atoms with Gasteiger partial charge in [0, 0.05) is 54.8 Å². The Morgan fingerprint density at radius 1 is 0.281 bits per heavy atom. The molecule has 0 saturated heterocycles. The van der Waals surface area contributed by atoms with Gasteiger partial charge in [-0.25, -0.2) is 9.97 Å². The Bertz CT molecular complexity index is 3440. The summed E-state index contributed by atoms with van der Waals surface area (Å²) in [5.41, 5.74) is 12.9. The van der Waals surface area contributed by atoms with Gasteiger partial charge in [-0.1, -0.05) is 140 Å². The summed E-state index contributed by atoms with van der Waals surface area (Å²) in [5, 5.41) is 7.29. The Labute approximate surface area is 328 Å².